The van der Waals surface area contributed by atoms with Crippen molar-refractivity contribution in [3.63, 3.8) is 0 Å². The molecule has 0 amide bonds. The lowest BCUT2D eigenvalue weighted by atomic mass is 10.3. The molecule has 8 nitrogen and oxygen atoms in total. The molecular weight excluding hydrogens is 318 g/mol. The monoisotopic (exact) mass is 335 g/mol. The lowest BCUT2D eigenvalue weighted by Gasteiger charge is -2.04. The topological polar surface area (TPSA) is 114 Å². The molecule has 1 aromatic rings. The van der Waals surface area contributed by atoms with Crippen LogP contribution in [0.5, 0.6) is 0 Å². The first-order valence-corrected chi connectivity index (χ1v) is 8.59. The molecule has 0 saturated heterocycles. The van der Waals surface area contributed by atoms with E-state index in [-0.39, 0.29) is 28.7 Å². The van der Waals surface area contributed by atoms with Crippen LogP contribution < -0.4 is 10.0 Å². The molecule has 0 fully saturated rings. The number of nitrogens with zero attached hydrogens (tertiary/aromatic N) is 1. The number of ether oxygens (including phenoxy) is 1. The van der Waals surface area contributed by atoms with Gasteiger partial charge in [0.05, 0.1) is 12.9 Å². The molecule has 10 heteroatoms. The molecule has 0 aliphatic heterocycles. The predicted molar refractivity (Wildman–Crippen MR) is 79.4 cm³/mol. The molecule has 0 aliphatic carbocycles. The number of carbonyl (C=O) groups excluding carboxylic acids is 2. The van der Waals surface area contributed by atoms with Crippen LogP contribution in [-0.4, -0.2) is 51.1 Å². The maximum atomic E-state index is 11.5. The van der Waals surface area contributed by atoms with Gasteiger partial charge in [-0.1, -0.05) is 18.3 Å². The van der Waals surface area contributed by atoms with E-state index in [1.54, 1.807) is 6.92 Å². The number of sulfonamides is 1. The van der Waals surface area contributed by atoms with Gasteiger partial charge in [-0.05, 0) is 0 Å². The standard InChI is InChI=1S/C11H17N3O5S2/c1-4-13-21(17,18)6-5-12-11-14-8(10(16)19-3)9(20-11)7(2)15/h13H,4-6H2,1-3H3,(H,12,14). The minimum Gasteiger partial charge on any atom is -0.464 e. The molecule has 0 spiro atoms. The minimum atomic E-state index is -3.34. The summed E-state index contributed by atoms with van der Waals surface area (Å²) in [6.07, 6.45) is 0. The third-order valence-corrected chi connectivity index (χ3v) is 4.92. The Hall–Kier alpha value is -1.52. The summed E-state index contributed by atoms with van der Waals surface area (Å²) in [7, 11) is -2.14. The van der Waals surface area contributed by atoms with E-state index in [9.17, 15) is 18.0 Å². The van der Waals surface area contributed by atoms with E-state index in [0.717, 1.165) is 11.3 Å². The largest absolute Gasteiger partial charge is 0.464 e. The molecular formula is C11H17N3O5S2. The van der Waals surface area contributed by atoms with Crippen LogP contribution in [0.15, 0.2) is 0 Å². The second-order valence-corrected chi connectivity index (χ2v) is 6.91. The SMILES string of the molecule is CCNS(=O)(=O)CCNc1nc(C(=O)OC)c(C(C)=O)s1. The molecule has 0 saturated carbocycles. The normalized spacial score (nSPS) is 11.2. The zero-order valence-electron chi connectivity index (χ0n) is 11.9. The van der Waals surface area contributed by atoms with E-state index in [4.69, 9.17) is 0 Å². The second kappa shape index (κ2) is 7.48. The Morgan fingerprint density at radius 3 is 2.57 bits per heavy atom. The number of thiazole rings is 1. The Bertz CT molecular complexity index is 624. The van der Waals surface area contributed by atoms with Crippen molar-refractivity contribution in [3.05, 3.63) is 10.6 Å². The maximum absolute atomic E-state index is 11.5. The summed E-state index contributed by atoms with van der Waals surface area (Å²) < 4.78 is 29.8. The quantitative estimate of drug-likeness (QED) is 0.524. The number of aromatic nitrogens is 1. The Morgan fingerprint density at radius 2 is 2.05 bits per heavy atom. The van der Waals surface area contributed by atoms with E-state index in [2.05, 4.69) is 19.8 Å². The van der Waals surface area contributed by atoms with E-state index in [1.807, 2.05) is 0 Å². The predicted octanol–water partition coefficient (Wildman–Crippen LogP) is 0.483. The molecule has 0 radical (unpaired) electrons. The van der Waals surface area contributed by atoms with Crippen molar-refractivity contribution in [2.75, 3.05) is 31.3 Å². The summed E-state index contributed by atoms with van der Waals surface area (Å²) in [6, 6.07) is 0. The molecule has 0 atom stereocenters. The minimum absolute atomic E-state index is 0.0629. The number of hydrogen-bond acceptors (Lipinski definition) is 8. The van der Waals surface area contributed by atoms with Gasteiger partial charge in [-0.25, -0.2) is 22.9 Å². The van der Waals surface area contributed by atoms with Crippen LogP contribution in [0.3, 0.4) is 0 Å². The fraction of sp³-hybridized carbons (Fsp3) is 0.545. The van der Waals surface area contributed by atoms with Crippen molar-refractivity contribution in [2.45, 2.75) is 13.8 Å². The smallest absolute Gasteiger partial charge is 0.358 e. The number of methoxy groups -OCH3 is 1. The highest BCUT2D eigenvalue weighted by Crippen LogP contribution is 2.24. The highest BCUT2D eigenvalue weighted by atomic mass is 32.2. The molecule has 1 heterocycles. The average Bonchev–Trinajstić information content (AvgIpc) is 2.82. The van der Waals surface area contributed by atoms with Gasteiger partial charge in [0, 0.05) is 20.0 Å². The van der Waals surface area contributed by atoms with Crippen LogP contribution in [0.4, 0.5) is 5.13 Å². The lowest BCUT2D eigenvalue weighted by molar-refractivity contribution is 0.0591. The van der Waals surface area contributed by atoms with Crippen LogP contribution in [0.25, 0.3) is 0 Å². The first-order valence-electron chi connectivity index (χ1n) is 6.12. The van der Waals surface area contributed by atoms with E-state index in [1.165, 1.54) is 14.0 Å². The Morgan fingerprint density at radius 1 is 1.38 bits per heavy atom. The van der Waals surface area contributed by atoms with E-state index < -0.39 is 16.0 Å². The first-order chi connectivity index (χ1) is 9.80. The third kappa shape index (κ3) is 5.06. The number of rotatable bonds is 8. The van der Waals surface area contributed by atoms with Gasteiger partial charge < -0.3 is 10.1 Å². The van der Waals surface area contributed by atoms with Gasteiger partial charge in [-0.15, -0.1) is 0 Å². The zero-order valence-corrected chi connectivity index (χ0v) is 13.6. The first kappa shape index (κ1) is 17.5. The van der Waals surface area contributed by atoms with Crippen molar-refractivity contribution in [2.24, 2.45) is 0 Å². The Balaban J connectivity index is 2.77. The number of hydrogen-bond donors (Lipinski definition) is 2. The summed E-state index contributed by atoms with van der Waals surface area (Å²) in [5, 5.41) is 3.08. The molecule has 1 aromatic heterocycles. The van der Waals surface area contributed by atoms with Gasteiger partial charge in [-0.2, -0.15) is 0 Å². The van der Waals surface area contributed by atoms with Crippen LogP contribution in [0.1, 0.15) is 34.0 Å². The summed E-state index contributed by atoms with van der Waals surface area (Å²) in [4.78, 5) is 27.1. The van der Waals surface area contributed by atoms with Gasteiger partial charge in [-0.3, -0.25) is 4.79 Å². The fourth-order valence-electron chi connectivity index (χ4n) is 1.45. The number of esters is 1. The highest BCUT2D eigenvalue weighted by molar-refractivity contribution is 7.89. The number of anilines is 1. The van der Waals surface area contributed by atoms with Crippen molar-refractivity contribution in [3.8, 4) is 0 Å². The van der Waals surface area contributed by atoms with Crippen LogP contribution >= 0.6 is 11.3 Å². The number of Topliss-reactive ketones (excluding diaryl/α,β-unsaturated/α-hetero) is 1. The van der Waals surface area contributed by atoms with Crippen LogP contribution in [0, 0.1) is 0 Å². The average molecular weight is 335 g/mol. The number of carbonyl (C=O) groups is 2. The van der Waals surface area contributed by atoms with E-state index >= 15 is 0 Å². The lowest BCUT2D eigenvalue weighted by Crippen LogP contribution is -2.29. The third-order valence-electron chi connectivity index (χ3n) is 2.34. The van der Waals surface area contributed by atoms with Gasteiger partial charge in [0.15, 0.2) is 16.6 Å². The molecule has 118 valence electrons. The highest BCUT2D eigenvalue weighted by Gasteiger charge is 2.21. The summed E-state index contributed by atoms with van der Waals surface area (Å²) in [6.45, 7) is 3.44. The summed E-state index contributed by atoms with van der Waals surface area (Å²) >= 11 is 0.987. The van der Waals surface area contributed by atoms with Gasteiger partial charge in [0.2, 0.25) is 10.0 Å². The van der Waals surface area contributed by atoms with Crippen LogP contribution in [0.2, 0.25) is 0 Å². The van der Waals surface area contributed by atoms with Gasteiger partial charge in [0.25, 0.3) is 0 Å². The van der Waals surface area contributed by atoms with Crippen molar-refractivity contribution in [1.82, 2.24) is 9.71 Å². The molecule has 21 heavy (non-hydrogen) atoms. The maximum Gasteiger partial charge on any atom is 0.358 e. The molecule has 0 aliphatic rings. The molecule has 2 N–H and O–H groups in total. The van der Waals surface area contributed by atoms with Gasteiger partial charge in [0.1, 0.15) is 4.88 Å². The molecule has 0 aromatic carbocycles. The van der Waals surface area contributed by atoms with Crippen molar-refractivity contribution < 1.29 is 22.7 Å². The number of nitrogens with one attached hydrogen (secondary N) is 2. The summed E-state index contributed by atoms with van der Waals surface area (Å²) in [5.41, 5.74) is -0.0629. The summed E-state index contributed by atoms with van der Waals surface area (Å²) in [5.74, 6) is -1.14. The van der Waals surface area contributed by atoms with Crippen LogP contribution in [-0.2, 0) is 14.8 Å². The Kier molecular flexibility index (Phi) is 6.24. The number of ketones is 1. The Labute approximate surface area is 127 Å². The van der Waals surface area contributed by atoms with E-state index in [0.29, 0.717) is 11.7 Å². The zero-order chi connectivity index (χ0) is 16.0. The second-order valence-electron chi connectivity index (χ2n) is 3.99. The van der Waals surface area contributed by atoms with Gasteiger partial charge >= 0.3 is 5.97 Å². The van der Waals surface area contributed by atoms with Crippen molar-refractivity contribution in [1.29, 1.82) is 0 Å². The van der Waals surface area contributed by atoms with Crippen molar-refractivity contribution >= 4 is 38.2 Å². The molecule has 0 unspecified atom stereocenters. The fourth-order valence-corrected chi connectivity index (χ4v) is 3.28. The molecule has 0 bridgehead atoms. The molecule has 1 rings (SSSR count).